The number of hydrogen-bond acceptors (Lipinski definition) is 3. The molecule has 0 aliphatic carbocycles. The molecule has 1 radical (unpaired) electrons. The van der Waals surface area contributed by atoms with Crippen molar-refractivity contribution in [1.29, 1.82) is 0 Å². The Bertz CT molecular complexity index is 1150. The quantitative estimate of drug-likeness (QED) is 0.159. The standard InChI is InChI=1S/C20H20N.C10H17FO2.Ir/c1-13(2)16-5-6-19-17(12-16)7-8-21-20(19)18-10-14(3)9-15(4)11-18;1-4-8(5-2)10(13)7(3)9(12)6-11;/h5-10,12-13H,1-4H3;8,13H,4-6H2,1-3H3;/q-1;;/b;10-7-;. The van der Waals surface area contributed by atoms with E-state index in [-0.39, 0.29) is 37.4 Å². The summed E-state index contributed by atoms with van der Waals surface area (Å²) in [6, 6.07) is 16.5. The van der Waals surface area contributed by atoms with Crippen LogP contribution in [-0.4, -0.2) is 22.5 Å². The molecule has 0 amide bonds. The van der Waals surface area contributed by atoms with Gasteiger partial charge in [-0.15, -0.1) is 34.9 Å². The van der Waals surface area contributed by atoms with E-state index in [0.717, 1.165) is 29.7 Å². The molecular weight excluding hydrogens is 618 g/mol. The van der Waals surface area contributed by atoms with Crippen LogP contribution in [0.1, 0.15) is 70.1 Å². The molecule has 3 nitrogen and oxygen atoms in total. The number of hydrogen-bond donors (Lipinski definition) is 1. The fourth-order valence-corrected chi connectivity index (χ4v) is 4.02. The molecule has 0 saturated heterocycles. The number of carbonyl (C=O) groups excluding carboxylic acids is 1. The number of aliphatic hydroxyl groups is 1. The van der Waals surface area contributed by atoms with E-state index in [0.29, 0.717) is 5.92 Å². The van der Waals surface area contributed by atoms with Gasteiger partial charge in [-0.2, -0.15) is 0 Å². The number of Topliss-reactive ketones (excluding diaryl/α,β-unsaturated/α-hetero) is 1. The van der Waals surface area contributed by atoms with E-state index in [2.05, 4.69) is 75.1 Å². The van der Waals surface area contributed by atoms with Crippen molar-refractivity contribution >= 4 is 16.6 Å². The second-order valence-corrected chi connectivity index (χ2v) is 9.13. The molecule has 0 unspecified atom stereocenters. The monoisotopic (exact) mass is 655 g/mol. The van der Waals surface area contributed by atoms with Gasteiger partial charge < -0.3 is 10.1 Å². The van der Waals surface area contributed by atoms with Crippen LogP contribution in [0.25, 0.3) is 22.0 Å². The van der Waals surface area contributed by atoms with Crippen molar-refractivity contribution in [2.75, 3.05) is 6.67 Å². The van der Waals surface area contributed by atoms with Crippen LogP contribution in [-0.2, 0) is 24.9 Å². The second kappa shape index (κ2) is 14.3. The predicted molar refractivity (Wildman–Crippen MR) is 140 cm³/mol. The van der Waals surface area contributed by atoms with Crippen molar-refractivity contribution < 1.29 is 34.4 Å². The van der Waals surface area contributed by atoms with Gasteiger partial charge in [-0.05, 0) is 53.8 Å². The Kier molecular flexibility index (Phi) is 12.5. The summed E-state index contributed by atoms with van der Waals surface area (Å²) in [4.78, 5) is 15.5. The molecule has 2 aromatic carbocycles. The maximum atomic E-state index is 12.0. The third kappa shape index (κ3) is 8.08. The number of pyridine rings is 1. The summed E-state index contributed by atoms with van der Waals surface area (Å²) in [5, 5.41) is 12.0. The van der Waals surface area contributed by atoms with Crippen molar-refractivity contribution in [3.63, 3.8) is 0 Å². The van der Waals surface area contributed by atoms with Crippen molar-refractivity contribution in [1.82, 2.24) is 4.98 Å². The number of alkyl halides is 1. The number of carbonyl (C=O) groups is 1. The van der Waals surface area contributed by atoms with Gasteiger partial charge in [0, 0.05) is 37.8 Å². The normalized spacial score (nSPS) is 11.6. The summed E-state index contributed by atoms with van der Waals surface area (Å²) >= 11 is 0. The predicted octanol–water partition coefficient (Wildman–Crippen LogP) is 8.23. The van der Waals surface area contributed by atoms with Crippen LogP contribution in [0.4, 0.5) is 4.39 Å². The third-order valence-electron chi connectivity index (χ3n) is 6.15. The van der Waals surface area contributed by atoms with Crippen LogP contribution in [0.15, 0.2) is 53.9 Å². The zero-order chi connectivity index (χ0) is 25.4. The first-order chi connectivity index (χ1) is 16.1. The number of rotatable bonds is 7. The first-order valence-electron chi connectivity index (χ1n) is 12.0. The van der Waals surface area contributed by atoms with E-state index in [4.69, 9.17) is 0 Å². The summed E-state index contributed by atoms with van der Waals surface area (Å²) in [6.45, 7) is 12.9. The number of aryl methyl sites for hydroxylation is 2. The molecule has 35 heavy (non-hydrogen) atoms. The van der Waals surface area contributed by atoms with Gasteiger partial charge in [-0.3, -0.25) is 4.79 Å². The largest absolute Gasteiger partial charge is 0.512 e. The Morgan fingerprint density at radius 2 is 1.74 bits per heavy atom. The zero-order valence-corrected chi connectivity index (χ0v) is 24.2. The molecule has 191 valence electrons. The van der Waals surface area contributed by atoms with Crippen molar-refractivity contribution in [2.24, 2.45) is 5.92 Å². The van der Waals surface area contributed by atoms with Crippen LogP contribution >= 0.6 is 0 Å². The van der Waals surface area contributed by atoms with Crippen molar-refractivity contribution in [2.45, 2.75) is 67.2 Å². The summed E-state index contributed by atoms with van der Waals surface area (Å²) < 4.78 is 12.0. The molecule has 0 atom stereocenters. The van der Waals surface area contributed by atoms with Crippen molar-refractivity contribution in [3.8, 4) is 11.3 Å². The van der Waals surface area contributed by atoms with E-state index in [1.807, 2.05) is 20.0 Å². The van der Waals surface area contributed by atoms with Gasteiger partial charge in [0.1, 0.15) is 5.76 Å². The molecule has 1 aromatic heterocycles. The summed E-state index contributed by atoms with van der Waals surface area (Å²) in [7, 11) is 0. The fraction of sp³-hybridized carbons (Fsp3) is 0.400. The van der Waals surface area contributed by atoms with Gasteiger partial charge >= 0.3 is 0 Å². The van der Waals surface area contributed by atoms with Gasteiger partial charge in [0.25, 0.3) is 0 Å². The Labute approximate surface area is 223 Å². The number of allylic oxidation sites excluding steroid dienone is 2. The van der Waals surface area contributed by atoms with Crippen LogP contribution in [0.2, 0.25) is 0 Å². The average molecular weight is 655 g/mol. The molecule has 0 aliphatic rings. The Hall–Kier alpha value is -2.36. The minimum atomic E-state index is -1.03. The van der Waals surface area contributed by atoms with Crippen LogP contribution in [0.5, 0.6) is 0 Å². The molecule has 0 aliphatic heterocycles. The minimum Gasteiger partial charge on any atom is -0.512 e. The first kappa shape index (κ1) is 30.7. The second-order valence-electron chi connectivity index (χ2n) is 9.13. The van der Waals surface area contributed by atoms with Crippen molar-refractivity contribution in [3.05, 3.63) is 76.7 Å². The molecule has 0 saturated carbocycles. The van der Waals surface area contributed by atoms with Gasteiger partial charge in [0.05, 0.1) is 0 Å². The molecule has 5 heteroatoms. The van der Waals surface area contributed by atoms with Crippen LogP contribution < -0.4 is 0 Å². The van der Waals surface area contributed by atoms with Crippen LogP contribution in [0.3, 0.4) is 0 Å². The molecule has 0 fully saturated rings. The Morgan fingerprint density at radius 3 is 2.29 bits per heavy atom. The van der Waals surface area contributed by atoms with Crippen LogP contribution in [0, 0.1) is 25.8 Å². The number of ketones is 1. The minimum absolute atomic E-state index is 0. The number of aliphatic hydroxyl groups excluding tert-OH is 1. The fourth-order valence-electron chi connectivity index (χ4n) is 4.02. The molecule has 0 spiro atoms. The molecule has 3 aromatic rings. The maximum absolute atomic E-state index is 12.0. The average Bonchev–Trinajstić information content (AvgIpc) is 2.82. The molecule has 1 heterocycles. The number of halogens is 1. The number of nitrogens with zero attached hydrogens (tertiary/aromatic N) is 1. The first-order valence-corrected chi connectivity index (χ1v) is 12.0. The molecular formula is C30H37FIrNO2-. The van der Waals surface area contributed by atoms with E-state index < -0.39 is 12.5 Å². The van der Waals surface area contributed by atoms with E-state index in [9.17, 15) is 14.3 Å². The maximum Gasteiger partial charge on any atom is 0.192 e. The van der Waals surface area contributed by atoms with E-state index in [1.54, 1.807) is 0 Å². The van der Waals surface area contributed by atoms with Gasteiger partial charge in [0.2, 0.25) is 0 Å². The Balaban J connectivity index is 0.000000383. The summed E-state index contributed by atoms with van der Waals surface area (Å²) in [5.74, 6) is -0.0497. The number of aromatic nitrogens is 1. The summed E-state index contributed by atoms with van der Waals surface area (Å²) in [5.41, 5.74) is 6.03. The smallest absolute Gasteiger partial charge is 0.192 e. The zero-order valence-electron chi connectivity index (χ0n) is 21.8. The summed E-state index contributed by atoms with van der Waals surface area (Å²) in [6.07, 6.45) is 3.42. The SMILES string of the molecule is CCC(CC)/C(O)=C(\C)C(=O)CF.Cc1[c-]c(-c2nccc3cc(C(C)C)ccc23)cc(C)c1.[Ir]. The number of fused-ring (bicyclic) bond motifs is 1. The van der Waals surface area contributed by atoms with E-state index in [1.165, 1.54) is 28.8 Å². The van der Waals surface area contributed by atoms with Gasteiger partial charge in [-0.25, -0.2) is 4.39 Å². The molecule has 1 N–H and O–H groups in total. The topological polar surface area (TPSA) is 50.2 Å². The Morgan fingerprint density at radius 1 is 1.09 bits per heavy atom. The molecule has 3 rings (SSSR count). The van der Waals surface area contributed by atoms with E-state index >= 15 is 0 Å². The van der Waals surface area contributed by atoms with Gasteiger partial charge in [-0.1, -0.05) is 59.7 Å². The molecule has 0 bridgehead atoms. The third-order valence-corrected chi connectivity index (χ3v) is 6.15. The number of benzene rings is 2. The van der Waals surface area contributed by atoms with Gasteiger partial charge in [0.15, 0.2) is 12.5 Å².